The number of carbonyl (C=O) groups excluding carboxylic acids is 3. The van der Waals surface area contributed by atoms with Crippen LogP contribution in [0.3, 0.4) is 0 Å². The summed E-state index contributed by atoms with van der Waals surface area (Å²) in [5.41, 5.74) is 0.569. The molecule has 1 aromatic carbocycles. The Labute approximate surface area is 104 Å². The first kappa shape index (κ1) is 12.0. The molecule has 0 saturated carbocycles. The molecule has 0 N–H and O–H groups in total. The zero-order valence-corrected chi connectivity index (χ0v) is 10.2. The van der Waals surface area contributed by atoms with E-state index in [2.05, 4.69) is 0 Å². The molecule has 88 valence electrons. The zero-order valence-electron chi connectivity index (χ0n) is 9.49. The molecule has 0 bridgehead atoms. The number of rotatable bonds is 2. The summed E-state index contributed by atoms with van der Waals surface area (Å²) in [6, 6.07) is 4.50. The Balaban J connectivity index is 2.49. The van der Waals surface area contributed by atoms with Crippen LogP contribution in [0.4, 0.5) is 0 Å². The first-order chi connectivity index (χ1) is 7.93. The van der Waals surface area contributed by atoms with Crippen molar-refractivity contribution >= 4 is 29.0 Å². The Morgan fingerprint density at radius 2 is 1.76 bits per heavy atom. The molecular weight excluding hydrogens is 240 g/mol. The van der Waals surface area contributed by atoms with Gasteiger partial charge in [-0.05, 0) is 18.2 Å². The highest BCUT2D eigenvalue weighted by atomic mass is 35.5. The van der Waals surface area contributed by atoms with Crippen LogP contribution in [0.25, 0.3) is 0 Å². The van der Waals surface area contributed by atoms with E-state index in [1.807, 2.05) is 0 Å². The van der Waals surface area contributed by atoms with Crippen LogP contribution < -0.4 is 0 Å². The van der Waals surface area contributed by atoms with Gasteiger partial charge in [-0.2, -0.15) is 0 Å². The van der Waals surface area contributed by atoms with Crippen molar-refractivity contribution in [3.63, 3.8) is 0 Å². The molecule has 0 fully saturated rings. The zero-order chi connectivity index (χ0) is 12.7. The van der Waals surface area contributed by atoms with E-state index in [1.54, 1.807) is 19.9 Å². The lowest BCUT2D eigenvalue weighted by molar-refractivity contribution is -0.123. The molecule has 3 nitrogen and oxygen atoms in total. The average Bonchev–Trinajstić information content (AvgIpc) is 2.50. The normalized spacial score (nSPS) is 18.7. The second-order valence-corrected chi connectivity index (χ2v) is 4.84. The molecule has 0 amide bonds. The molecule has 0 saturated heterocycles. The molecule has 1 unspecified atom stereocenters. The Hall–Kier alpha value is -1.48. The maximum absolute atomic E-state index is 12.0. The van der Waals surface area contributed by atoms with Gasteiger partial charge in [-0.25, -0.2) is 0 Å². The van der Waals surface area contributed by atoms with Gasteiger partial charge in [-0.15, -0.1) is 0 Å². The molecular formula is C13H11ClO3. The standard InChI is InChI=1S/C13H11ClO3/c1-6(2)11(15)10-12(16)8-4-3-7(14)5-9(8)13(10)17/h3-6,10H,1-2H3. The van der Waals surface area contributed by atoms with Crippen molar-refractivity contribution < 1.29 is 14.4 Å². The molecule has 1 atom stereocenters. The smallest absolute Gasteiger partial charge is 0.181 e. The molecule has 1 aliphatic carbocycles. The van der Waals surface area contributed by atoms with Gasteiger partial charge < -0.3 is 0 Å². The molecule has 2 rings (SSSR count). The second kappa shape index (κ2) is 4.08. The lowest BCUT2D eigenvalue weighted by Gasteiger charge is -2.08. The van der Waals surface area contributed by atoms with E-state index in [9.17, 15) is 14.4 Å². The maximum atomic E-state index is 12.0. The minimum atomic E-state index is -1.16. The molecule has 0 heterocycles. The molecule has 4 heteroatoms. The van der Waals surface area contributed by atoms with Gasteiger partial charge in [-0.1, -0.05) is 25.4 Å². The monoisotopic (exact) mass is 250 g/mol. The third-order valence-electron chi connectivity index (χ3n) is 2.89. The fourth-order valence-electron chi connectivity index (χ4n) is 1.96. The summed E-state index contributed by atoms with van der Waals surface area (Å²) < 4.78 is 0. The summed E-state index contributed by atoms with van der Waals surface area (Å²) in [6.07, 6.45) is 0. The Morgan fingerprint density at radius 3 is 2.35 bits per heavy atom. The van der Waals surface area contributed by atoms with Crippen molar-refractivity contribution in [2.75, 3.05) is 0 Å². The molecule has 0 aliphatic heterocycles. The topological polar surface area (TPSA) is 51.2 Å². The minimum absolute atomic E-state index is 0.265. The van der Waals surface area contributed by atoms with Crippen molar-refractivity contribution in [2.45, 2.75) is 13.8 Å². The molecule has 1 aliphatic rings. The van der Waals surface area contributed by atoms with Gasteiger partial charge in [0.2, 0.25) is 0 Å². The number of Topliss-reactive ketones (excluding diaryl/α,β-unsaturated/α-hetero) is 3. The fraction of sp³-hybridized carbons (Fsp3) is 0.308. The third kappa shape index (κ3) is 1.80. The van der Waals surface area contributed by atoms with E-state index >= 15 is 0 Å². The number of hydrogen-bond donors (Lipinski definition) is 0. The summed E-state index contributed by atoms with van der Waals surface area (Å²) in [4.78, 5) is 35.8. The van der Waals surface area contributed by atoms with Gasteiger partial charge in [0.1, 0.15) is 5.92 Å². The summed E-state index contributed by atoms with van der Waals surface area (Å²) in [7, 11) is 0. The van der Waals surface area contributed by atoms with E-state index in [0.717, 1.165) is 0 Å². The number of ketones is 3. The van der Waals surface area contributed by atoms with Gasteiger partial charge in [0.05, 0.1) is 0 Å². The van der Waals surface area contributed by atoms with Gasteiger partial charge in [0, 0.05) is 22.1 Å². The first-order valence-corrected chi connectivity index (χ1v) is 5.73. The summed E-state index contributed by atoms with van der Waals surface area (Å²) in [5, 5.41) is 0.391. The lowest BCUT2D eigenvalue weighted by Crippen LogP contribution is -2.29. The highest BCUT2D eigenvalue weighted by molar-refractivity contribution is 6.37. The van der Waals surface area contributed by atoms with Crippen LogP contribution in [0.5, 0.6) is 0 Å². The van der Waals surface area contributed by atoms with E-state index in [4.69, 9.17) is 11.6 Å². The number of fused-ring (bicyclic) bond motifs is 1. The van der Waals surface area contributed by atoms with E-state index < -0.39 is 17.5 Å². The molecule has 0 spiro atoms. The molecule has 1 aromatic rings. The van der Waals surface area contributed by atoms with Crippen molar-refractivity contribution in [3.05, 3.63) is 34.3 Å². The number of hydrogen-bond acceptors (Lipinski definition) is 3. The van der Waals surface area contributed by atoms with Gasteiger partial charge >= 0.3 is 0 Å². The minimum Gasteiger partial charge on any atom is -0.298 e. The molecule has 17 heavy (non-hydrogen) atoms. The van der Waals surface area contributed by atoms with E-state index in [-0.39, 0.29) is 17.3 Å². The Bertz CT molecular complexity index is 531. The summed E-state index contributed by atoms with van der Waals surface area (Å²) >= 11 is 5.78. The number of halogens is 1. The Kier molecular flexibility index (Phi) is 2.87. The predicted molar refractivity (Wildman–Crippen MR) is 63.4 cm³/mol. The van der Waals surface area contributed by atoms with Crippen molar-refractivity contribution in [2.24, 2.45) is 11.8 Å². The van der Waals surface area contributed by atoms with Gasteiger partial charge in [0.25, 0.3) is 0 Å². The van der Waals surface area contributed by atoms with Crippen LogP contribution >= 0.6 is 11.6 Å². The number of benzene rings is 1. The largest absolute Gasteiger partial charge is 0.298 e. The van der Waals surface area contributed by atoms with E-state index in [0.29, 0.717) is 10.6 Å². The van der Waals surface area contributed by atoms with Crippen LogP contribution in [0.1, 0.15) is 34.6 Å². The fourth-order valence-corrected chi connectivity index (χ4v) is 2.13. The van der Waals surface area contributed by atoms with Crippen LogP contribution in [0.15, 0.2) is 18.2 Å². The maximum Gasteiger partial charge on any atom is 0.181 e. The first-order valence-electron chi connectivity index (χ1n) is 5.35. The average molecular weight is 251 g/mol. The molecule has 0 aromatic heterocycles. The summed E-state index contributed by atoms with van der Waals surface area (Å²) in [5.74, 6) is -2.65. The van der Waals surface area contributed by atoms with Crippen molar-refractivity contribution in [3.8, 4) is 0 Å². The van der Waals surface area contributed by atoms with E-state index in [1.165, 1.54) is 12.1 Å². The van der Waals surface area contributed by atoms with Crippen LogP contribution in [0, 0.1) is 11.8 Å². The van der Waals surface area contributed by atoms with Crippen LogP contribution in [-0.4, -0.2) is 17.3 Å². The number of carbonyl (C=O) groups is 3. The van der Waals surface area contributed by atoms with Crippen LogP contribution in [-0.2, 0) is 4.79 Å². The van der Waals surface area contributed by atoms with Gasteiger partial charge in [-0.3, -0.25) is 14.4 Å². The summed E-state index contributed by atoms with van der Waals surface area (Å²) in [6.45, 7) is 3.36. The Morgan fingerprint density at radius 1 is 1.18 bits per heavy atom. The SMILES string of the molecule is CC(C)C(=O)C1C(=O)c2ccc(Cl)cc2C1=O. The lowest BCUT2D eigenvalue weighted by atomic mass is 9.91. The highest BCUT2D eigenvalue weighted by Gasteiger charge is 2.43. The van der Waals surface area contributed by atoms with Crippen molar-refractivity contribution in [1.82, 2.24) is 0 Å². The van der Waals surface area contributed by atoms with Crippen LogP contribution in [0.2, 0.25) is 5.02 Å². The predicted octanol–water partition coefficient (Wildman–Crippen LogP) is 2.56. The second-order valence-electron chi connectivity index (χ2n) is 4.41. The van der Waals surface area contributed by atoms with Crippen molar-refractivity contribution in [1.29, 1.82) is 0 Å². The highest BCUT2D eigenvalue weighted by Crippen LogP contribution is 2.30. The third-order valence-corrected chi connectivity index (χ3v) is 3.13. The quantitative estimate of drug-likeness (QED) is 0.758. The molecule has 0 radical (unpaired) electrons. The van der Waals surface area contributed by atoms with Gasteiger partial charge in [0.15, 0.2) is 17.3 Å².